The fraction of sp³-hybridized carbons (Fsp3) is 0.136. The summed E-state index contributed by atoms with van der Waals surface area (Å²) in [5, 5.41) is 0. The van der Waals surface area contributed by atoms with Crippen molar-refractivity contribution in [1.82, 2.24) is 9.55 Å². The molecule has 136 valence electrons. The number of hydrogen-bond acceptors (Lipinski definition) is 3. The summed E-state index contributed by atoms with van der Waals surface area (Å²) >= 11 is 0. The smallest absolute Gasteiger partial charge is 0.133 e. The molecule has 0 amide bonds. The van der Waals surface area contributed by atoms with Crippen molar-refractivity contribution < 1.29 is 9.13 Å². The Morgan fingerprint density at radius 1 is 0.963 bits per heavy atom. The third-order valence-corrected chi connectivity index (χ3v) is 4.40. The molecule has 4 aromatic rings. The van der Waals surface area contributed by atoms with Crippen LogP contribution in [0, 0.1) is 5.82 Å². The second-order valence-electron chi connectivity index (χ2n) is 6.38. The first-order chi connectivity index (χ1) is 13.2. The Morgan fingerprint density at radius 3 is 2.41 bits per heavy atom. The highest BCUT2D eigenvalue weighted by atomic mass is 19.1. The van der Waals surface area contributed by atoms with E-state index in [4.69, 9.17) is 10.5 Å². The lowest BCUT2D eigenvalue weighted by Crippen LogP contribution is -2.21. The first-order valence-corrected chi connectivity index (χ1v) is 8.83. The molecule has 0 bridgehead atoms. The van der Waals surface area contributed by atoms with Gasteiger partial charge in [0.2, 0.25) is 0 Å². The normalized spacial score (nSPS) is 12.4. The predicted molar refractivity (Wildman–Crippen MR) is 104 cm³/mol. The largest absolute Gasteiger partial charge is 0.375 e. The van der Waals surface area contributed by atoms with Gasteiger partial charge in [0.15, 0.2) is 0 Å². The van der Waals surface area contributed by atoms with E-state index < -0.39 is 6.04 Å². The van der Waals surface area contributed by atoms with Crippen molar-refractivity contribution in [2.75, 3.05) is 6.61 Å². The zero-order valence-corrected chi connectivity index (χ0v) is 14.8. The third kappa shape index (κ3) is 3.74. The zero-order valence-electron chi connectivity index (χ0n) is 14.8. The number of aromatic nitrogens is 2. The van der Waals surface area contributed by atoms with Crippen LogP contribution in [0.15, 0.2) is 78.9 Å². The summed E-state index contributed by atoms with van der Waals surface area (Å²) in [4.78, 5) is 4.65. The average molecular weight is 361 g/mol. The maximum Gasteiger partial charge on any atom is 0.133 e. The van der Waals surface area contributed by atoms with Crippen LogP contribution >= 0.6 is 0 Å². The van der Waals surface area contributed by atoms with Crippen LogP contribution in [0.4, 0.5) is 4.39 Å². The predicted octanol–water partition coefficient (Wildman–Crippen LogP) is 4.38. The van der Waals surface area contributed by atoms with E-state index >= 15 is 0 Å². The molecule has 0 radical (unpaired) electrons. The summed E-state index contributed by atoms with van der Waals surface area (Å²) < 4.78 is 21.5. The van der Waals surface area contributed by atoms with Crippen molar-refractivity contribution in [3.8, 4) is 5.69 Å². The van der Waals surface area contributed by atoms with Gasteiger partial charge >= 0.3 is 0 Å². The van der Waals surface area contributed by atoms with Gasteiger partial charge in [-0.05, 0) is 29.8 Å². The number of nitrogens with two attached hydrogens (primary N) is 1. The lowest BCUT2D eigenvalue weighted by Gasteiger charge is -2.15. The maximum absolute atomic E-state index is 13.8. The average Bonchev–Trinajstić information content (AvgIpc) is 3.08. The standard InChI is InChI=1S/C22H20FN3O/c23-17-11-12-20-21(13-17)26(18-9-5-2-6-10-18)22(25-20)19(24)15-27-14-16-7-3-1-4-8-16/h1-13,19H,14-15,24H2. The van der Waals surface area contributed by atoms with E-state index in [1.165, 1.54) is 12.1 Å². The van der Waals surface area contributed by atoms with Gasteiger partial charge in [0.1, 0.15) is 11.6 Å². The fourth-order valence-corrected chi connectivity index (χ4v) is 3.12. The van der Waals surface area contributed by atoms with Crippen LogP contribution in [0.1, 0.15) is 17.4 Å². The Morgan fingerprint density at radius 2 is 1.67 bits per heavy atom. The summed E-state index contributed by atoms with van der Waals surface area (Å²) in [5.74, 6) is 0.342. The van der Waals surface area contributed by atoms with Gasteiger partial charge in [0.05, 0.1) is 30.3 Å². The third-order valence-electron chi connectivity index (χ3n) is 4.40. The minimum atomic E-state index is -0.440. The van der Waals surface area contributed by atoms with Gasteiger partial charge in [-0.1, -0.05) is 48.5 Å². The summed E-state index contributed by atoms with van der Waals surface area (Å²) in [5.41, 5.74) is 9.76. The van der Waals surface area contributed by atoms with Gasteiger partial charge in [-0.25, -0.2) is 9.37 Å². The number of imidazole rings is 1. The van der Waals surface area contributed by atoms with E-state index in [-0.39, 0.29) is 5.82 Å². The Hall–Kier alpha value is -3.02. The molecule has 0 saturated carbocycles. The highest BCUT2D eigenvalue weighted by Crippen LogP contribution is 2.25. The number of benzene rings is 3. The summed E-state index contributed by atoms with van der Waals surface area (Å²) in [6, 6.07) is 23.8. The molecule has 3 aromatic carbocycles. The Balaban J connectivity index is 1.64. The van der Waals surface area contributed by atoms with Crippen LogP contribution in [0.5, 0.6) is 0 Å². The van der Waals surface area contributed by atoms with E-state index in [2.05, 4.69) is 4.98 Å². The van der Waals surface area contributed by atoms with Gasteiger partial charge < -0.3 is 10.5 Å². The molecule has 0 aliphatic rings. The topological polar surface area (TPSA) is 53.1 Å². The van der Waals surface area contributed by atoms with E-state index in [9.17, 15) is 4.39 Å². The molecule has 0 aliphatic heterocycles. The van der Waals surface area contributed by atoms with Crippen molar-refractivity contribution in [3.63, 3.8) is 0 Å². The van der Waals surface area contributed by atoms with Gasteiger partial charge in [-0.2, -0.15) is 0 Å². The highest BCUT2D eigenvalue weighted by Gasteiger charge is 2.19. The molecule has 1 aromatic heterocycles. The second kappa shape index (κ2) is 7.70. The number of ether oxygens (including phenoxy) is 1. The molecule has 4 rings (SSSR count). The van der Waals surface area contributed by atoms with Crippen LogP contribution in [0.25, 0.3) is 16.7 Å². The van der Waals surface area contributed by atoms with E-state index in [0.29, 0.717) is 30.1 Å². The molecule has 0 aliphatic carbocycles. The Labute approximate surface area is 157 Å². The molecular formula is C22H20FN3O. The van der Waals surface area contributed by atoms with Gasteiger partial charge in [0.25, 0.3) is 0 Å². The van der Waals surface area contributed by atoms with Gasteiger partial charge in [-0.3, -0.25) is 4.57 Å². The van der Waals surface area contributed by atoms with Crippen LogP contribution in [-0.4, -0.2) is 16.2 Å². The Bertz CT molecular complexity index is 1030. The summed E-state index contributed by atoms with van der Waals surface area (Å²) in [6.07, 6.45) is 0. The lowest BCUT2D eigenvalue weighted by molar-refractivity contribution is 0.106. The lowest BCUT2D eigenvalue weighted by atomic mass is 10.2. The monoisotopic (exact) mass is 361 g/mol. The van der Waals surface area contributed by atoms with Crippen molar-refractivity contribution in [2.45, 2.75) is 12.6 Å². The van der Waals surface area contributed by atoms with E-state index in [1.54, 1.807) is 6.07 Å². The quantitative estimate of drug-likeness (QED) is 0.554. The Kier molecular flexibility index (Phi) is 4.96. The second-order valence-corrected chi connectivity index (χ2v) is 6.38. The summed E-state index contributed by atoms with van der Waals surface area (Å²) in [7, 11) is 0. The molecule has 5 heteroatoms. The summed E-state index contributed by atoms with van der Waals surface area (Å²) in [6.45, 7) is 0.794. The molecule has 0 spiro atoms. The number of rotatable bonds is 6. The van der Waals surface area contributed by atoms with Crippen LogP contribution in [-0.2, 0) is 11.3 Å². The van der Waals surface area contributed by atoms with Crippen LogP contribution in [0.3, 0.4) is 0 Å². The first kappa shape index (κ1) is 17.4. The number of fused-ring (bicyclic) bond motifs is 1. The number of hydrogen-bond donors (Lipinski definition) is 1. The van der Waals surface area contributed by atoms with Crippen molar-refractivity contribution in [2.24, 2.45) is 5.73 Å². The minimum absolute atomic E-state index is 0.306. The van der Waals surface area contributed by atoms with Gasteiger partial charge in [0, 0.05) is 11.8 Å². The molecule has 1 heterocycles. The molecule has 1 atom stereocenters. The minimum Gasteiger partial charge on any atom is -0.375 e. The van der Waals surface area contributed by atoms with Crippen molar-refractivity contribution in [3.05, 3.63) is 96.1 Å². The van der Waals surface area contributed by atoms with Gasteiger partial charge in [-0.15, -0.1) is 0 Å². The molecular weight excluding hydrogens is 341 g/mol. The number of halogens is 1. The van der Waals surface area contributed by atoms with E-state index in [0.717, 1.165) is 11.3 Å². The SMILES string of the molecule is NC(COCc1ccccc1)c1nc2ccc(F)cc2n1-c1ccccc1. The molecule has 4 nitrogen and oxygen atoms in total. The molecule has 27 heavy (non-hydrogen) atoms. The molecule has 2 N–H and O–H groups in total. The van der Waals surface area contributed by atoms with Crippen LogP contribution < -0.4 is 5.73 Å². The van der Waals surface area contributed by atoms with Crippen LogP contribution in [0.2, 0.25) is 0 Å². The molecule has 0 saturated heterocycles. The first-order valence-electron chi connectivity index (χ1n) is 8.83. The van der Waals surface area contributed by atoms with Crippen molar-refractivity contribution in [1.29, 1.82) is 0 Å². The molecule has 0 fully saturated rings. The maximum atomic E-state index is 13.8. The fourth-order valence-electron chi connectivity index (χ4n) is 3.12. The highest BCUT2D eigenvalue weighted by molar-refractivity contribution is 5.78. The van der Waals surface area contributed by atoms with Crippen molar-refractivity contribution >= 4 is 11.0 Å². The molecule has 1 unspecified atom stereocenters. The zero-order chi connectivity index (χ0) is 18.6. The number of para-hydroxylation sites is 1. The van der Waals surface area contributed by atoms with E-state index in [1.807, 2.05) is 65.2 Å². The number of nitrogens with zero attached hydrogens (tertiary/aromatic N) is 2.